The summed E-state index contributed by atoms with van der Waals surface area (Å²) < 4.78 is 27.9. The monoisotopic (exact) mass is 667 g/mol. The Morgan fingerprint density at radius 1 is 0.894 bits per heavy atom. The quantitative estimate of drug-likeness (QED) is 0.0740. The minimum atomic E-state index is -4.48. The molecule has 3 rings (SSSR count). The van der Waals surface area contributed by atoms with Crippen LogP contribution in [0.5, 0.6) is 0 Å². The van der Waals surface area contributed by atoms with Crippen LogP contribution in [0.15, 0.2) is 72.8 Å². The van der Waals surface area contributed by atoms with E-state index in [2.05, 4.69) is 43.2 Å². The number of nitrogens with one attached hydrogen (secondary N) is 2. The molecule has 0 heterocycles. The predicted molar refractivity (Wildman–Crippen MR) is 187 cm³/mol. The van der Waals surface area contributed by atoms with Crippen molar-refractivity contribution >= 4 is 36.9 Å². The first-order valence-electron chi connectivity index (χ1n) is 16.2. The molecule has 0 saturated carbocycles. The fraction of sp³-hybridized carbons (Fsp3) is 0.444. The first-order valence-corrected chi connectivity index (χ1v) is 17.7. The number of phosphoric acid groups is 1. The van der Waals surface area contributed by atoms with E-state index in [-0.39, 0.29) is 25.0 Å². The summed E-state index contributed by atoms with van der Waals surface area (Å²) in [5.74, 6) is -0.0567. The highest BCUT2D eigenvalue weighted by atomic mass is 31.2. The lowest BCUT2D eigenvalue weighted by atomic mass is 9.92. The highest BCUT2D eigenvalue weighted by Crippen LogP contribution is 2.45. The Morgan fingerprint density at radius 2 is 1.53 bits per heavy atom. The molecule has 0 aliphatic rings. The lowest BCUT2D eigenvalue weighted by Crippen LogP contribution is -2.32. The van der Waals surface area contributed by atoms with Gasteiger partial charge in [-0.25, -0.2) is 13.9 Å². The Balaban J connectivity index is 1.75. The average molecular weight is 668 g/mol. The number of ether oxygens (including phenoxy) is 1. The van der Waals surface area contributed by atoms with Crippen LogP contribution in [0.1, 0.15) is 77.0 Å². The summed E-state index contributed by atoms with van der Waals surface area (Å²) in [6, 6.07) is 22.0. The highest BCUT2D eigenvalue weighted by Gasteiger charge is 2.28. The molecule has 11 heteroatoms. The number of hydrogen-bond donors (Lipinski definition) is 3. The molecule has 0 aromatic heterocycles. The molecule has 3 aromatic rings. The summed E-state index contributed by atoms with van der Waals surface area (Å²) >= 11 is 0. The minimum Gasteiger partial charge on any atom is -0.435 e. The van der Waals surface area contributed by atoms with Gasteiger partial charge in [0, 0.05) is 18.8 Å². The smallest absolute Gasteiger partial charge is 0.435 e. The van der Waals surface area contributed by atoms with Crippen molar-refractivity contribution in [1.29, 1.82) is 0 Å². The van der Waals surface area contributed by atoms with Crippen LogP contribution in [0.25, 0.3) is 0 Å². The van der Waals surface area contributed by atoms with Crippen molar-refractivity contribution in [3.8, 4) is 0 Å². The minimum absolute atomic E-state index is 0.000848. The van der Waals surface area contributed by atoms with E-state index in [1.807, 2.05) is 62.4 Å². The number of aryl methyl sites for hydroxylation is 1. The molecule has 0 aliphatic heterocycles. The summed E-state index contributed by atoms with van der Waals surface area (Å²) in [5, 5.41) is 5.96. The molecule has 256 valence electrons. The molecule has 47 heavy (non-hydrogen) atoms. The molecule has 0 aliphatic carbocycles. The number of anilines is 3. The van der Waals surface area contributed by atoms with Gasteiger partial charge in [0.15, 0.2) is 0 Å². The molecule has 3 aromatic carbocycles. The molecule has 2 amide bonds. The van der Waals surface area contributed by atoms with Gasteiger partial charge in [0.1, 0.15) is 0 Å². The van der Waals surface area contributed by atoms with E-state index < -0.39 is 20.1 Å². The van der Waals surface area contributed by atoms with Gasteiger partial charge in [-0.05, 0) is 73.4 Å². The lowest BCUT2D eigenvalue weighted by molar-refractivity contribution is -0.163. The molecule has 0 fully saturated rings. The van der Waals surface area contributed by atoms with Gasteiger partial charge in [-0.3, -0.25) is 9.32 Å². The van der Waals surface area contributed by atoms with Crippen molar-refractivity contribution < 1.29 is 32.8 Å². The number of hydrogen-bond acceptors (Lipinski definition) is 7. The van der Waals surface area contributed by atoms with Crippen molar-refractivity contribution in [2.75, 3.05) is 28.6 Å². The number of esters is 1. The first kappa shape index (κ1) is 37.8. The molecule has 0 bridgehead atoms. The SMILES string of the molecule is CCC(CC(=O)OC(C)OP(=O)(O)OCc1ccccc1)c1ccc(N(CC(C)C)CC(C)C)c(NC(=O)Nc2ccc(C)cc2)c1. The molecule has 0 radical (unpaired) electrons. The summed E-state index contributed by atoms with van der Waals surface area (Å²) in [5.41, 5.74) is 4.84. The van der Waals surface area contributed by atoms with Gasteiger partial charge in [0.05, 0.1) is 24.4 Å². The fourth-order valence-corrected chi connectivity index (χ4v) is 5.95. The van der Waals surface area contributed by atoms with E-state index in [1.54, 1.807) is 24.3 Å². The molecule has 10 nitrogen and oxygen atoms in total. The second-order valence-electron chi connectivity index (χ2n) is 12.6. The van der Waals surface area contributed by atoms with Gasteiger partial charge in [0.2, 0.25) is 6.29 Å². The van der Waals surface area contributed by atoms with Gasteiger partial charge in [-0.15, -0.1) is 0 Å². The largest absolute Gasteiger partial charge is 0.475 e. The van der Waals surface area contributed by atoms with E-state index in [9.17, 15) is 19.0 Å². The van der Waals surface area contributed by atoms with Crippen LogP contribution < -0.4 is 15.5 Å². The maximum Gasteiger partial charge on any atom is 0.475 e. The standard InChI is InChI=1S/C36H50N3O7P/c1-8-30(21-35(40)45-28(7)46-47(42,43)44-24-29-12-10-9-11-13-29)31-16-19-34(39(22-25(2)3)23-26(4)5)33(20-31)38-36(41)37-32-17-14-27(6)15-18-32/h9-20,25-26,28,30H,8,21-24H2,1-7H3,(H,42,43)(H2,37,38,41). The molecule has 0 spiro atoms. The van der Waals surface area contributed by atoms with E-state index in [1.165, 1.54) is 6.92 Å². The molecular weight excluding hydrogens is 617 g/mol. The Hall–Kier alpha value is -3.69. The number of carbonyl (C=O) groups is 2. The predicted octanol–water partition coefficient (Wildman–Crippen LogP) is 8.86. The van der Waals surface area contributed by atoms with Crippen LogP contribution in [0.3, 0.4) is 0 Å². The van der Waals surface area contributed by atoms with E-state index in [0.29, 0.717) is 35.2 Å². The first-order chi connectivity index (χ1) is 22.2. The number of amides is 2. The van der Waals surface area contributed by atoms with Crippen LogP contribution in [-0.2, 0) is 29.8 Å². The number of carbonyl (C=O) groups excluding carboxylic acids is 2. The molecule has 3 unspecified atom stereocenters. The third-order valence-corrected chi connectivity index (χ3v) is 8.30. The van der Waals surface area contributed by atoms with E-state index >= 15 is 0 Å². The van der Waals surface area contributed by atoms with Crippen molar-refractivity contribution in [3.05, 3.63) is 89.5 Å². The molecule has 3 atom stereocenters. The normalized spacial score (nSPS) is 13.9. The van der Waals surface area contributed by atoms with Gasteiger partial charge >= 0.3 is 19.8 Å². The average Bonchev–Trinajstić information content (AvgIpc) is 2.99. The highest BCUT2D eigenvalue weighted by molar-refractivity contribution is 7.47. The molecular formula is C36H50N3O7P. The zero-order valence-corrected chi connectivity index (χ0v) is 29.5. The Morgan fingerprint density at radius 3 is 2.13 bits per heavy atom. The number of nitrogens with zero attached hydrogens (tertiary/aromatic N) is 1. The van der Waals surface area contributed by atoms with Gasteiger partial charge in [0.25, 0.3) is 0 Å². The van der Waals surface area contributed by atoms with Gasteiger partial charge in [-0.1, -0.05) is 88.7 Å². The van der Waals surface area contributed by atoms with Crippen molar-refractivity contribution in [2.45, 2.75) is 80.1 Å². The summed E-state index contributed by atoms with van der Waals surface area (Å²) in [7, 11) is -4.48. The van der Waals surface area contributed by atoms with Crippen LogP contribution >= 0.6 is 7.82 Å². The van der Waals surface area contributed by atoms with Gasteiger partial charge in [-0.2, -0.15) is 0 Å². The second-order valence-corrected chi connectivity index (χ2v) is 14.0. The Kier molecular flexibility index (Phi) is 14.5. The molecule has 0 saturated heterocycles. The van der Waals surface area contributed by atoms with Crippen molar-refractivity contribution in [2.24, 2.45) is 11.8 Å². The van der Waals surface area contributed by atoms with Crippen molar-refractivity contribution in [3.63, 3.8) is 0 Å². The van der Waals surface area contributed by atoms with Crippen LogP contribution in [0.2, 0.25) is 0 Å². The third kappa shape index (κ3) is 13.1. The number of rotatable bonds is 17. The topological polar surface area (TPSA) is 126 Å². The zero-order chi connectivity index (χ0) is 34.6. The summed E-state index contributed by atoms with van der Waals surface area (Å²) in [4.78, 5) is 38.6. The van der Waals surface area contributed by atoms with Crippen LogP contribution in [0, 0.1) is 18.8 Å². The maximum absolute atomic E-state index is 13.2. The third-order valence-electron chi connectivity index (χ3n) is 7.28. The fourth-order valence-electron chi connectivity index (χ4n) is 5.16. The van der Waals surface area contributed by atoms with Crippen LogP contribution in [0.4, 0.5) is 21.9 Å². The lowest BCUT2D eigenvalue weighted by Gasteiger charge is -2.31. The number of phosphoric ester groups is 1. The zero-order valence-electron chi connectivity index (χ0n) is 28.6. The second kappa shape index (κ2) is 18.0. The Bertz CT molecular complexity index is 1470. The molecule has 3 N–H and O–H groups in total. The van der Waals surface area contributed by atoms with Crippen LogP contribution in [-0.4, -0.2) is 36.3 Å². The van der Waals surface area contributed by atoms with E-state index in [0.717, 1.165) is 29.9 Å². The van der Waals surface area contributed by atoms with Crippen molar-refractivity contribution in [1.82, 2.24) is 0 Å². The van der Waals surface area contributed by atoms with E-state index in [4.69, 9.17) is 13.8 Å². The number of benzene rings is 3. The summed E-state index contributed by atoms with van der Waals surface area (Å²) in [6.45, 7) is 15.4. The number of urea groups is 1. The van der Waals surface area contributed by atoms with Gasteiger partial charge < -0.3 is 25.2 Å². The maximum atomic E-state index is 13.2. The summed E-state index contributed by atoms with van der Waals surface area (Å²) in [6.07, 6.45) is -0.697. The Labute approximate surface area is 279 Å².